The standard InChI is InChI=1S/C20H23F3N2O/c1-18(7-8-18)11-19(2,12-20(3,22)23)25-17(26)14-9-13-5-4-6-15(21)16(13)24-10-14/h4-6,9-10H,7-8,11-12H2,1-3H3,(H,25,26)/t19-/m0/s1. The van der Waals surface area contributed by atoms with Gasteiger partial charge in [-0.2, -0.15) is 0 Å². The van der Waals surface area contributed by atoms with E-state index in [-0.39, 0.29) is 16.5 Å². The molecule has 6 heteroatoms. The predicted octanol–water partition coefficient (Wildman–Crippen LogP) is 5.10. The number of benzene rings is 1. The van der Waals surface area contributed by atoms with Crippen molar-refractivity contribution in [2.24, 2.45) is 5.41 Å². The normalized spacial score (nSPS) is 18.4. The molecular weight excluding hydrogens is 341 g/mol. The molecule has 0 radical (unpaired) electrons. The maximum absolute atomic E-state index is 13.7. The van der Waals surface area contributed by atoms with Crippen molar-refractivity contribution in [2.75, 3.05) is 0 Å². The Morgan fingerprint density at radius 1 is 1.31 bits per heavy atom. The van der Waals surface area contributed by atoms with E-state index in [1.807, 2.05) is 6.92 Å². The molecule has 1 aromatic heterocycles. The van der Waals surface area contributed by atoms with Gasteiger partial charge in [0, 0.05) is 23.5 Å². The average molecular weight is 364 g/mol. The van der Waals surface area contributed by atoms with Crippen molar-refractivity contribution >= 4 is 16.8 Å². The lowest BCUT2D eigenvalue weighted by molar-refractivity contribution is -0.0166. The van der Waals surface area contributed by atoms with Gasteiger partial charge in [0.15, 0.2) is 0 Å². The van der Waals surface area contributed by atoms with Crippen LogP contribution in [-0.2, 0) is 0 Å². The number of alkyl halides is 2. The molecule has 1 atom stereocenters. The molecule has 1 aliphatic carbocycles. The number of aromatic nitrogens is 1. The molecule has 140 valence electrons. The van der Waals surface area contributed by atoms with Gasteiger partial charge in [0.1, 0.15) is 11.3 Å². The number of carbonyl (C=O) groups excluding carboxylic acids is 1. The fourth-order valence-electron chi connectivity index (χ4n) is 3.76. The van der Waals surface area contributed by atoms with E-state index in [1.165, 1.54) is 24.4 Å². The number of hydrogen-bond donors (Lipinski definition) is 1. The minimum atomic E-state index is -2.89. The Hall–Kier alpha value is -2.11. The second kappa shape index (κ2) is 6.25. The molecule has 1 amide bonds. The number of hydrogen-bond acceptors (Lipinski definition) is 2. The van der Waals surface area contributed by atoms with Gasteiger partial charge >= 0.3 is 0 Å². The van der Waals surface area contributed by atoms with Crippen LogP contribution in [0.1, 0.15) is 56.8 Å². The zero-order chi connectivity index (χ0) is 19.2. The van der Waals surface area contributed by atoms with E-state index in [0.717, 1.165) is 19.8 Å². The molecule has 3 rings (SSSR count). The lowest BCUT2D eigenvalue weighted by Gasteiger charge is -2.35. The summed E-state index contributed by atoms with van der Waals surface area (Å²) in [5, 5.41) is 3.28. The van der Waals surface area contributed by atoms with Crippen molar-refractivity contribution in [3.63, 3.8) is 0 Å². The van der Waals surface area contributed by atoms with E-state index in [9.17, 15) is 18.0 Å². The molecule has 1 heterocycles. The highest BCUT2D eigenvalue weighted by Crippen LogP contribution is 2.52. The lowest BCUT2D eigenvalue weighted by Crippen LogP contribution is -2.50. The molecule has 0 spiro atoms. The number of halogens is 3. The molecule has 1 aromatic carbocycles. The van der Waals surface area contributed by atoms with Gasteiger partial charge in [-0.25, -0.2) is 13.2 Å². The Labute approximate surface area is 151 Å². The van der Waals surface area contributed by atoms with E-state index < -0.39 is 29.6 Å². The van der Waals surface area contributed by atoms with Gasteiger partial charge in [0.05, 0.1) is 5.56 Å². The first kappa shape index (κ1) is 18.7. The SMILES string of the molecule is CC(F)(F)C[C@](C)(CC1(C)CC1)NC(=O)c1cnc2c(F)cccc2c1. The summed E-state index contributed by atoms with van der Waals surface area (Å²) >= 11 is 0. The van der Waals surface area contributed by atoms with Gasteiger partial charge in [-0.1, -0.05) is 19.1 Å². The number of para-hydroxylation sites is 1. The minimum Gasteiger partial charge on any atom is -0.347 e. The average Bonchev–Trinajstić information content (AvgIpc) is 3.21. The smallest absolute Gasteiger partial charge is 0.253 e. The first-order valence-corrected chi connectivity index (χ1v) is 8.73. The van der Waals surface area contributed by atoms with Crippen LogP contribution in [-0.4, -0.2) is 22.4 Å². The van der Waals surface area contributed by atoms with Gasteiger partial charge in [-0.15, -0.1) is 0 Å². The third-order valence-electron chi connectivity index (χ3n) is 4.96. The van der Waals surface area contributed by atoms with E-state index >= 15 is 0 Å². The summed E-state index contributed by atoms with van der Waals surface area (Å²) in [4.78, 5) is 16.7. The van der Waals surface area contributed by atoms with Gasteiger partial charge in [0.25, 0.3) is 5.91 Å². The molecule has 3 nitrogen and oxygen atoms in total. The maximum Gasteiger partial charge on any atom is 0.253 e. The van der Waals surface area contributed by atoms with Crippen LogP contribution >= 0.6 is 0 Å². The van der Waals surface area contributed by atoms with Crippen LogP contribution in [0.15, 0.2) is 30.5 Å². The number of fused-ring (bicyclic) bond motifs is 1. The minimum absolute atomic E-state index is 0.00194. The van der Waals surface area contributed by atoms with Crippen LogP contribution in [0.25, 0.3) is 10.9 Å². The van der Waals surface area contributed by atoms with Gasteiger partial charge in [0.2, 0.25) is 5.92 Å². The second-order valence-electron chi connectivity index (χ2n) is 8.28. The van der Waals surface area contributed by atoms with Gasteiger partial charge < -0.3 is 5.32 Å². The van der Waals surface area contributed by atoms with Crippen LogP contribution in [0, 0.1) is 11.2 Å². The van der Waals surface area contributed by atoms with Crippen molar-refractivity contribution in [1.82, 2.24) is 10.3 Å². The third kappa shape index (κ3) is 4.34. The third-order valence-corrected chi connectivity index (χ3v) is 4.96. The number of nitrogens with one attached hydrogen (secondary N) is 1. The highest BCUT2D eigenvalue weighted by Gasteiger charge is 2.47. The molecule has 1 N–H and O–H groups in total. The molecular formula is C20H23F3N2O. The largest absolute Gasteiger partial charge is 0.347 e. The van der Waals surface area contributed by atoms with Crippen molar-refractivity contribution in [3.05, 3.63) is 41.8 Å². The summed E-state index contributed by atoms with van der Waals surface area (Å²) in [6.07, 6.45) is 3.29. The molecule has 1 fully saturated rings. The van der Waals surface area contributed by atoms with E-state index in [2.05, 4.69) is 10.3 Å². The molecule has 0 unspecified atom stereocenters. The van der Waals surface area contributed by atoms with E-state index in [0.29, 0.717) is 11.8 Å². The van der Waals surface area contributed by atoms with Crippen LogP contribution in [0.3, 0.4) is 0 Å². The Bertz CT molecular complexity index is 833. The molecule has 0 saturated heterocycles. The molecule has 2 aromatic rings. The number of rotatable bonds is 6. The lowest BCUT2D eigenvalue weighted by atomic mass is 9.83. The van der Waals surface area contributed by atoms with Crippen LogP contribution < -0.4 is 5.32 Å². The Balaban J connectivity index is 1.85. The van der Waals surface area contributed by atoms with E-state index in [1.54, 1.807) is 13.0 Å². The quantitative estimate of drug-likeness (QED) is 0.775. The Kier molecular flexibility index (Phi) is 4.49. The summed E-state index contributed by atoms with van der Waals surface area (Å²) in [5.41, 5.74) is -0.623. The monoisotopic (exact) mass is 364 g/mol. The summed E-state index contributed by atoms with van der Waals surface area (Å²) < 4.78 is 41.1. The van der Waals surface area contributed by atoms with Crippen molar-refractivity contribution in [2.45, 2.75) is 57.9 Å². The van der Waals surface area contributed by atoms with Crippen LogP contribution in [0.4, 0.5) is 13.2 Å². The maximum atomic E-state index is 13.7. The first-order valence-electron chi connectivity index (χ1n) is 8.73. The topological polar surface area (TPSA) is 42.0 Å². The summed E-state index contributed by atoms with van der Waals surface area (Å²) in [5.74, 6) is -3.83. The highest BCUT2D eigenvalue weighted by atomic mass is 19.3. The summed E-state index contributed by atoms with van der Waals surface area (Å²) in [6, 6.07) is 6.03. The molecule has 0 bridgehead atoms. The fraction of sp³-hybridized carbons (Fsp3) is 0.500. The summed E-state index contributed by atoms with van der Waals surface area (Å²) in [7, 11) is 0. The first-order chi connectivity index (χ1) is 12.0. The van der Waals surface area contributed by atoms with Crippen LogP contribution in [0.5, 0.6) is 0 Å². The Morgan fingerprint density at radius 2 is 2.00 bits per heavy atom. The van der Waals surface area contributed by atoms with Gasteiger partial charge in [-0.3, -0.25) is 9.78 Å². The number of amides is 1. The number of carbonyl (C=O) groups is 1. The zero-order valence-electron chi connectivity index (χ0n) is 15.2. The van der Waals surface area contributed by atoms with Crippen LogP contribution in [0.2, 0.25) is 0 Å². The molecule has 1 saturated carbocycles. The highest BCUT2D eigenvalue weighted by molar-refractivity contribution is 5.97. The van der Waals surface area contributed by atoms with Crippen molar-refractivity contribution < 1.29 is 18.0 Å². The number of nitrogens with zero attached hydrogens (tertiary/aromatic N) is 1. The number of pyridine rings is 1. The fourth-order valence-corrected chi connectivity index (χ4v) is 3.76. The van der Waals surface area contributed by atoms with Gasteiger partial charge in [-0.05, 0) is 50.7 Å². The molecule has 1 aliphatic rings. The van der Waals surface area contributed by atoms with E-state index in [4.69, 9.17) is 0 Å². The summed E-state index contributed by atoms with van der Waals surface area (Å²) in [6.45, 7) is 4.58. The second-order valence-corrected chi connectivity index (χ2v) is 8.28. The Morgan fingerprint density at radius 3 is 2.62 bits per heavy atom. The van der Waals surface area contributed by atoms with Crippen molar-refractivity contribution in [3.8, 4) is 0 Å². The molecule has 0 aliphatic heterocycles. The molecule has 26 heavy (non-hydrogen) atoms. The predicted molar refractivity (Wildman–Crippen MR) is 94.8 cm³/mol. The van der Waals surface area contributed by atoms with Crippen molar-refractivity contribution in [1.29, 1.82) is 0 Å². The zero-order valence-corrected chi connectivity index (χ0v) is 15.2.